The maximum absolute atomic E-state index is 13.5. The number of nitrogens with zero attached hydrogens (tertiary/aromatic N) is 1. The normalized spacial score (nSPS) is 11.5. The first-order valence-corrected chi connectivity index (χ1v) is 10.3. The van der Waals surface area contributed by atoms with Crippen molar-refractivity contribution in [3.8, 4) is 11.1 Å². The number of benzene rings is 3. The Morgan fingerprint density at radius 1 is 1.03 bits per heavy atom. The molecule has 152 valence electrons. The Labute approximate surface area is 183 Å². The minimum atomic E-state index is -1.04. The van der Waals surface area contributed by atoms with E-state index in [0.717, 1.165) is 11.1 Å². The van der Waals surface area contributed by atoms with Crippen molar-refractivity contribution >= 4 is 51.0 Å². The molecule has 0 aliphatic rings. The van der Waals surface area contributed by atoms with Crippen molar-refractivity contribution < 1.29 is 9.90 Å². The van der Waals surface area contributed by atoms with Crippen LogP contribution in [-0.4, -0.2) is 15.6 Å². The molecule has 0 radical (unpaired) electrons. The highest BCUT2D eigenvalue weighted by Crippen LogP contribution is 2.34. The Bertz CT molecular complexity index is 1360. The number of pyridine rings is 1. The van der Waals surface area contributed by atoms with Gasteiger partial charge >= 0.3 is 5.97 Å². The number of carbonyl (C=O) groups is 1. The maximum Gasteiger partial charge on any atom is 0.323 e. The summed E-state index contributed by atoms with van der Waals surface area (Å²) >= 11 is 12.6. The van der Waals surface area contributed by atoms with Crippen molar-refractivity contribution in [3.63, 3.8) is 0 Å². The van der Waals surface area contributed by atoms with Gasteiger partial charge in [-0.3, -0.25) is 9.59 Å². The van der Waals surface area contributed by atoms with E-state index in [1.807, 2.05) is 36.4 Å². The second-order valence-corrected chi connectivity index (χ2v) is 8.33. The first kappa shape index (κ1) is 20.5. The minimum Gasteiger partial charge on any atom is -0.480 e. The van der Waals surface area contributed by atoms with Crippen molar-refractivity contribution in [1.29, 1.82) is 0 Å². The SMILES string of the molecule is CC(C)c1ccc(-c2cccc3c2c(=O)c2ccc(Cl)c(Cl)c2n3CC(=O)O)cc1. The van der Waals surface area contributed by atoms with Crippen LogP contribution in [0.3, 0.4) is 0 Å². The number of hydrogen-bond donors (Lipinski definition) is 1. The second kappa shape index (κ2) is 7.78. The molecule has 4 aromatic rings. The fourth-order valence-electron chi connectivity index (χ4n) is 3.83. The smallest absolute Gasteiger partial charge is 0.323 e. The number of hydrogen-bond acceptors (Lipinski definition) is 2. The number of halogens is 2. The molecular formula is C24H19Cl2NO3. The third kappa shape index (κ3) is 3.36. The van der Waals surface area contributed by atoms with Gasteiger partial charge in [-0.25, -0.2) is 0 Å². The Balaban J connectivity index is 2.13. The molecule has 0 fully saturated rings. The van der Waals surface area contributed by atoms with E-state index in [2.05, 4.69) is 13.8 Å². The highest BCUT2D eigenvalue weighted by Gasteiger charge is 2.19. The molecule has 0 amide bonds. The van der Waals surface area contributed by atoms with Gasteiger partial charge in [-0.2, -0.15) is 0 Å². The van der Waals surface area contributed by atoms with Gasteiger partial charge in [-0.1, -0.05) is 73.4 Å². The van der Waals surface area contributed by atoms with Gasteiger partial charge in [-0.05, 0) is 40.8 Å². The van der Waals surface area contributed by atoms with E-state index in [-0.39, 0.29) is 22.0 Å². The van der Waals surface area contributed by atoms with Gasteiger partial charge < -0.3 is 9.67 Å². The third-order valence-electron chi connectivity index (χ3n) is 5.33. The molecule has 0 saturated heterocycles. The van der Waals surface area contributed by atoms with E-state index >= 15 is 0 Å². The molecule has 3 aromatic carbocycles. The molecule has 4 nitrogen and oxygen atoms in total. The van der Waals surface area contributed by atoms with E-state index in [0.29, 0.717) is 27.7 Å². The largest absolute Gasteiger partial charge is 0.480 e. The molecule has 0 unspecified atom stereocenters. The van der Waals surface area contributed by atoms with Gasteiger partial charge in [-0.15, -0.1) is 0 Å². The number of carboxylic acid groups (broad SMARTS) is 1. The Morgan fingerprint density at radius 3 is 2.37 bits per heavy atom. The molecule has 0 atom stereocenters. The number of aromatic nitrogens is 1. The lowest BCUT2D eigenvalue weighted by molar-refractivity contribution is -0.137. The first-order valence-electron chi connectivity index (χ1n) is 9.55. The minimum absolute atomic E-state index is 0.168. The zero-order valence-corrected chi connectivity index (χ0v) is 18.0. The molecule has 0 aliphatic carbocycles. The number of aliphatic carboxylic acids is 1. The van der Waals surface area contributed by atoms with Crippen LogP contribution in [0.25, 0.3) is 32.9 Å². The highest BCUT2D eigenvalue weighted by atomic mass is 35.5. The monoisotopic (exact) mass is 439 g/mol. The van der Waals surface area contributed by atoms with Crippen LogP contribution in [-0.2, 0) is 11.3 Å². The van der Waals surface area contributed by atoms with E-state index in [9.17, 15) is 14.7 Å². The molecule has 0 saturated carbocycles. The lowest BCUT2D eigenvalue weighted by atomic mass is 9.95. The zero-order chi connectivity index (χ0) is 21.6. The predicted octanol–water partition coefficient (Wildman–Crippen LogP) is 6.34. The van der Waals surface area contributed by atoms with Crippen LogP contribution < -0.4 is 5.43 Å². The van der Waals surface area contributed by atoms with Gasteiger partial charge in [0.05, 0.1) is 26.5 Å². The average Bonchev–Trinajstić information content (AvgIpc) is 2.72. The summed E-state index contributed by atoms with van der Waals surface area (Å²) in [7, 11) is 0. The summed E-state index contributed by atoms with van der Waals surface area (Å²) in [6.07, 6.45) is 0. The molecule has 0 aliphatic heterocycles. The quantitative estimate of drug-likeness (QED) is 0.377. The molecule has 30 heavy (non-hydrogen) atoms. The van der Waals surface area contributed by atoms with Gasteiger partial charge in [0.15, 0.2) is 5.43 Å². The molecule has 0 spiro atoms. The highest BCUT2D eigenvalue weighted by molar-refractivity contribution is 6.45. The van der Waals surface area contributed by atoms with E-state index in [1.165, 1.54) is 5.56 Å². The van der Waals surface area contributed by atoms with Crippen molar-refractivity contribution in [2.45, 2.75) is 26.3 Å². The molecule has 1 heterocycles. The summed E-state index contributed by atoms with van der Waals surface area (Å²) in [5, 5.41) is 10.7. The summed E-state index contributed by atoms with van der Waals surface area (Å²) in [5.74, 6) is -0.640. The van der Waals surface area contributed by atoms with Gasteiger partial charge in [0.2, 0.25) is 0 Å². The van der Waals surface area contributed by atoms with E-state index in [4.69, 9.17) is 23.2 Å². The number of carboxylic acids is 1. The molecule has 1 aromatic heterocycles. The molecule has 0 bridgehead atoms. The lowest BCUT2D eigenvalue weighted by Gasteiger charge is -2.17. The maximum atomic E-state index is 13.5. The van der Waals surface area contributed by atoms with Crippen LogP contribution in [0.15, 0.2) is 59.4 Å². The number of rotatable bonds is 4. The number of fused-ring (bicyclic) bond motifs is 2. The van der Waals surface area contributed by atoms with Crippen molar-refractivity contribution in [2.75, 3.05) is 0 Å². The van der Waals surface area contributed by atoms with Crippen molar-refractivity contribution in [1.82, 2.24) is 4.57 Å². The van der Waals surface area contributed by atoms with Crippen LogP contribution in [0.5, 0.6) is 0 Å². The first-order chi connectivity index (χ1) is 14.3. The zero-order valence-electron chi connectivity index (χ0n) is 16.4. The summed E-state index contributed by atoms with van der Waals surface area (Å²) in [6.45, 7) is 3.90. The fraction of sp³-hybridized carbons (Fsp3) is 0.167. The predicted molar refractivity (Wildman–Crippen MR) is 123 cm³/mol. The van der Waals surface area contributed by atoms with E-state index in [1.54, 1.807) is 22.8 Å². The fourth-order valence-corrected chi connectivity index (χ4v) is 4.25. The molecule has 6 heteroatoms. The summed E-state index contributed by atoms with van der Waals surface area (Å²) in [4.78, 5) is 25.1. The van der Waals surface area contributed by atoms with Crippen LogP contribution in [0.4, 0.5) is 0 Å². The topological polar surface area (TPSA) is 59.3 Å². The Kier molecular flexibility index (Phi) is 5.31. The molecule has 4 rings (SSSR count). The van der Waals surface area contributed by atoms with Crippen LogP contribution in [0, 0.1) is 0 Å². The summed E-state index contributed by atoms with van der Waals surface area (Å²) in [5.41, 5.74) is 3.47. The molecule has 1 N–H and O–H groups in total. The summed E-state index contributed by atoms with van der Waals surface area (Å²) in [6, 6.07) is 16.7. The van der Waals surface area contributed by atoms with Gasteiger partial charge in [0.25, 0.3) is 0 Å². The summed E-state index contributed by atoms with van der Waals surface area (Å²) < 4.78 is 1.55. The Hall–Kier alpha value is -2.82. The van der Waals surface area contributed by atoms with Gasteiger partial charge in [0.1, 0.15) is 6.54 Å². The van der Waals surface area contributed by atoms with Crippen LogP contribution in [0.1, 0.15) is 25.3 Å². The van der Waals surface area contributed by atoms with Crippen LogP contribution in [0.2, 0.25) is 10.0 Å². The van der Waals surface area contributed by atoms with Crippen molar-refractivity contribution in [2.24, 2.45) is 0 Å². The van der Waals surface area contributed by atoms with Gasteiger partial charge in [0, 0.05) is 5.39 Å². The Morgan fingerprint density at radius 2 is 1.73 bits per heavy atom. The van der Waals surface area contributed by atoms with Crippen molar-refractivity contribution in [3.05, 3.63) is 80.4 Å². The third-order valence-corrected chi connectivity index (χ3v) is 6.12. The average molecular weight is 440 g/mol. The standard InChI is InChI=1S/C24H19Cl2NO3/c1-13(2)14-6-8-15(9-7-14)16-4-3-5-19-21(16)24(30)17-10-11-18(25)22(26)23(17)27(19)12-20(28)29/h3-11,13H,12H2,1-2H3,(H,28,29). The van der Waals surface area contributed by atoms with E-state index < -0.39 is 5.97 Å². The lowest BCUT2D eigenvalue weighted by Crippen LogP contribution is -2.17. The van der Waals surface area contributed by atoms with Crippen LogP contribution >= 0.6 is 23.2 Å². The second-order valence-electron chi connectivity index (χ2n) is 7.54. The molecular weight excluding hydrogens is 421 g/mol.